The second kappa shape index (κ2) is 8.00. The van der Waals surface area contributed by atoms with Gasteiger partial charge in [0.1, 0.15) is 0 Å². The SMILES string of the molecule is CN(C)C(=O)c1cccc(NC(=O)CC2CCNC2)c1.Cl. The van der Waals surface area contributed by atoms with Gasteiger partial charge in [0.15, 0.2) is 0 Å². The van der Waals surface area contributed by atoms with E-state index in [1.54, 1.807) is 38.4 Å². The molecule has 5 nitrogen and oxygen atoms in total. The highest BCUT2D eigenvalue weighted by Gasteiger charge is 2.18. The number of hydrogen-bond donors (Lipinski definition) is 2. The predicted molar refractivity (Wildman–Crippen MR) is 85.9 cm³/mol. The number of rotatable bonds is 4. The lowest BCUT2D eigenvalue weighted by atomic mass is 10.0. The Morgan fingerprint density at radius 2 is 2.14 bits per heavy atom. The number of anilines is 1. The van der Waals surface area contributed by atoms with Crippen LogP contribution >= 0.6 is 12.4 Å². The number of halogens is 1. The fourth-order valence-electron chi connectivity index (χ4n) is 2.35. The molecule has 1 aromatic carbocycles. The zero-order chi connectivity index (χ0) is 14.5. The first-order valence-electron chi connectivity index (χ1n) is 6.88. The third-order valence-electron chi connectivity index (χ3n) is 3.44. The Morgan fingerprint density at radius 3 is 2.76 bits per heavy atom. The van der Waals surface area contributed by atoms with Gasteiger partial charge in [-0.1, -0.05) is 6.07 Å². The molecule has 0 spiro atoms. The van der Waals surface area contributed by atoms with Gasteiger partial charge in [0.2, 0.25) is 5.91 Å². The fraction of sp³-hybridized carbons (Fsp3) is 0.467. The van der Waals surface area contributed by atoms with Crippen molar-refractivity contribution in [2.24, 2.45) is 5.92 Å². The van der Waals surface area contributed by atoms with Crippen LogP contribution in [0.5, 0.6) is 0 Å². The van der Waals surface area contributed by atoms with E-state index in [1.807, 2.05) is 0 Å². The van der Waals surface area contributed by atoms with Crippen molar-refractivity contribution in [1.82, 2.24) is 10.2 Å². The maximum absolute atomic E-state index is 11.9. The number of carbonyl (C=O) groups is 2. The summed E-state index contributed by atoms with van der Waals surface area (Å²) in [4.78, 5) is 25.3. The van der Waals surface area contributed by atoms with E-state index in [0.29, 0.717) is 23.6 Å². The summed E-state index contributed by atoms with van der Waals surface area (Å²) in [6.07, 6.45) is 1.57. The summed E-state index contributed by atoms with van der Waals surface area (Å²) in [5.41, 5.74) is 1.25. The van der Waals surface area contributed by atoms with E-state index in [1.165, 1.54) is 4.90 Å². The molecule has 2 amide bonds. The summed E-state index contributed by atoms with van der Waals surface area (Å²) in [5, 5.41) is 6.11. The van der Waals surface area contributed by atoms with Crippen molar-refractivity contribution in [3.8, 4) is 0 Å². The number of benzene rings is 1. The summed E-state index contributed by atoms with van der Waals surface area (Å²) in [6, 6.07) is 7.05. The van der Waals surface area contributed by atoms with Gasteiger partial charge in [-0.05, 0) is 43.6 Å². The summed E-state index contributed by atoms with van der Waals surface area (Å²) in [7, 11) is 3.42. The van der Waals surface area contributed by atoms with Crippen molar-refractivity contribution in [3.05, 3.63) is 29.8 Å². The quantitative estimate of drug-likeness (QED) is 0.890. The normalized spacial score (nSPS) is 17.0. The largest absolute Gasteiger partial charge is 0.345 e. The number of carbonyl (C=O) groups excluding carboxylic acids is 2. The van der Waals surface area contributed by atoms with Crippen molar-refractivity contribution < 1.29 is 9.59 Å². The van der Waals surface area contributed by atoms with Crippen LogP contribution in [-0.2, 0) is 4.79 Å². The summed E-state index contributed by atoms with van der Waals surface area (Å²) in [5.74, 6) is 0.357. The van der Waals surface area contributed by atoms with Crippen LogP contribution < -0.4 is 10.6 Å². The van der Waals surface area contributed by atoms with Gasteiger partial charge < -0.3 is 15.5 Å². The van der Waals surface area contributed by atoms with E-state index in [-0.39, 0.29) is 24.2 Å². The Morgan fingerprint density at radius 1 is 1.38 bits per heavy atom. The second-order valence-corrected chi connectivity index (χ2v) is 5.39. The van der Waals surface area contributed by atoms with Crippen LogP contribution in [0.3, 0.4) is 0 Å². The molecule has 1 aliphatic heterocycles. The van der Waals surface area contributed by atoms with E-state index in [4.69, 9.17) is 0 Å². The predicted octanol–water partition coefficient (Wildman–Crippen LogP) is 1.75. The molecule has 0 aromatic heterocycles. The summed E-state index contributed by atoms with van der Waals surface area (Å²) < 4.78 is 0. The Balaban J connectivity index is 0.00000220. The molecule has 116 valence electrons. The van der Waals surface area contributed by atoms with Crippen LogP contribution in [0.2, 0.25) is 0 Å². The topological polar surface area (TPSA) is 61.4 Å². The lowest BCUT2D eigenvalue weighted by Crippen LogP contribution is -2.22. The summed E-state index contributed by atoms with van der Waals surface area (Å²) in [6.45, 7) is 1.90. The highest BCUT2D eigenvalue weighted by atomic mass is 35.5. The van der Waals surface area contributed by atoms with Gasteiger partial charge in [0.05, 0.1) is 0 Å². The van der Waals surface area contributed by atoms with Crippen molar-refractivity contribution in [2.75, 3.05) is 32.5 Å². The van der Waals surface area contributed by atoms with Crippen molar-refractivity contribution in [1.29, 1.82) is 0 Å². The number of hydrogen-bond acceptors (Lipinski definition) is 3. The lowest BCUT2D eigenvalue weighted by Gasteiger charge is -2.12. The molecule has 0 aliphatic carbocycles. The van der Waals surface area contributed by atoms with Crippen LogP contribution in [0, 0.1) is 5.92 Å². The molecule has 1 aliphatic rings. The van der Waals surface area contributed by atoms with Gasteiger partial charge in [-0.3, -0.25) is 9.59 Å². The van der Waals surface area contributed by atoms with Crippen molar-refractivity contribution >= 4 is 29.9 Å². The third kappa shape index (κ3) is 5.02. The van der Waals surface area contributed by atoms with Gasteiger partial charge in [0, 0.05) is 31.8 Å². The van der Waals surface area contributed by atoms with Gasteiger partial charge in [-0.25, -0.2) is 0 Å². The standard InChI is InChI=1S/C15H21N3O2.ClH/c1-18(2)15(20)12-4-3-5-13(9-12)17-14(19)8-11-6-7-16-10-11;/h3-5,9,11,16H,6-8,10H2,1-2H3,(H,17,19);1H. The number of amides is 2. The van der Waals surface area contributed by atoms with Crippen LogP contribution in [0.1, 0.15) is 23.2 Å². The molecule has 2 N–H and O–H groups in total. The molecule has 1 atom stereocenters. The van der Waals surface area contributed by atoms with E-state index in [2.05, 4.69) is 10.6 Å². The Bertz CT molecular complexity index is 499. The van der Waals surface area contributed by atoms with Crippen LogP contribution in [0.25, 0.3) is 0 Å². The van der Waals surface area contributed by atoms with E-state index >= 15 is 0 Å². The van der Waals surface area contributed by atoms with E-state index < -0.39 is 0 Å². The highest BCUT2D eigenvalue weighted by molar-refractivity contribution is 5.97. The first-order valence-corrected chi connectivity index (χ1v) is 6.88. The smallest absolute Gasteiger partial charge is 0.253 e. The molecule has 1 fully saturated rings. The number of nitrogens with one attached hydrogen (secondary N) is 2. The molecule has 0 bridgehead atoms. The zero-order valence-electron chi connectivity index (χ0n) is 12.4. The molecule has 1 saturated heterocycles. The fourth-order valence-corrected chi connectivity index (χ4v) is 2.35. The monoisotopic (exact) mass is 311 g/mol. The number of nitrogens with zero attached hydrogens (tertiary/aromatic N) is 1. The third-order valence-corrected chi connectivity index (χ3v) is 3.44. The molecule has 2 rings (SSSR count). The average molecular weight is 312 g/mol. The maximum Gasteiger partial charge on any atom is 0.253 e. The Hall–Kier alpha value is -1.59. The van der Waals surface area contributed by atoms with E-state index in [9.17, 15) is 9.59 Å². The van der Waals surface area contributed by atoms with Crippen LogP contribution in [0.4, 0.5) is 5.69 Å². The van der Waals surface area contributed by atoms with Gasteiger partial charge in [-0.15, -0.1) is 12.4 Å². The first kappa shape index (κ1) is 17.5. The van der Waals surface area contributed by atoms with Crippen LogP contribution in [-0.4, -0.2) is 43.9 Å². The molecule has 1 aromatic rings. The minimum absolute atomic E-state index is 0. The maximum atomic E-state index is 11.9. The average Bonchev–Trinajstić information content (AvgIpc) is 2.90. The highest BCUT2D eigenvalue weighted by Crippen LogP contribution is 2.16. The molecular formula is C15H22ClN3O2. The van der Waals surface area contributed by atoms with Crippen molar-refractivity contribution in [3.63, 3.8) is 0 Å². The Labute approximate surface area is 131 Å². The first-order chi connectivity index (χ1) is 9.56. The van der Waals surface area contributed by atoms with Gasteiger partial charge in [0.25, 0.3) is 5.91 Å². The molecule has 0 radical (unpaired) electrons. The molecule has 21 heavy (non-hydrogen) atoms. The minimum Gasteiger partial charge on any atom is -0.345 e. The lowest BCUT2D eigenvalue weighted by molar-refractivity contribution is -0.116. The Kier molecular flexibility index (Phi) is 6.65. The zero-order valence-corrected chi connectivity index (χ0v) is 13.2. The minimum atomic E-state index is -0.0684. The van der Waals surface area contributed by atoms with Crippen molar-refractivity contribution in [2.45, 2.75) is 12.8 Å². The van der Waals surface area contributed by atoms with Gasteiger partial charge >= 0.3 is 0 Å². The molecular weight excluding hydrogens is 290 g/mol. The molecule has 6 heteroatoms. The molecule has 0 saturated carbocycles. The van der Waals surface area contributed by atoms with Gasteiger partial charge in [-0.2, -0.15) is 0 Å². The van der Waals surface area contributed by atoms with Crippen LogP contribution in [0.15, 0.2) is 24.3 Å². The summed E-state index contributed by atoms with van der Waals surface area (Å²) >= 11 is 0. The second-order valence-electron chi connectivity index (χ2n) is 5.39. The molecule has 1 heterocycles. The molecule has 1 unspecified atom stereocenters. The van der Waals surface area contributed by atoms with E-state index in [0.717, 1.165) is 19.5 Å².